The molecule has 27 heavy (non-hydrogen) atoms. The van der Waals surface area contributed by atoms with Gasteiger partial charge in [0.25, 0.3) is 0 Å². The third kappa shape index (κ3) is 4.66. The van der Waals surface area contributed by atoms with E-state index in [9.17, 15) is 9.59 Å². The van der Waals surface area contributed by atoms with Crippen LogP contribution in [0.3, 0.4) is 0 Å². The van der Waals surface area contributed by atoms with E-state index in [-0.39, 0.29) is 24.2 Å². The molecule has 2 rings (SSSR count). The molecule has 1 atom stereocenters. The molecule has 0 spiro atoms. The highest BCUT2D eigenvalue weighted by molar-refractivity contribution is 5.98. The van der Waals surface area contributed by atoms with Crippen molar-refractivity contribution in [2.45, 2.75) is 39.2 Å². The summed E-state index contributed by atoms with van der Waals surface area (Å²) in [6.45, 7) is 8.67. The summed E-state index contributed by atoms with van der Waals surface area (Å²) >= 11 is 0. The maximum absolute atomic E-state index is 13.2. The molecule has 1 heterocycles. The molecule has 146 valence electrons. The largest absolute Gasteiger partial charge is 0.469 e. The van der Waals surface area contributed by atoms with Crippen LogP contribution < -0.4 is 0 Å². The van der Waals surface area contributed by atoms with Gasteiger partial charge in [-0.15, -0.1) is 0 Å². The first-order chi connectivity index (χ1) is 13.0. The Morgan fingerprint density at radius 1 is 1.30 bits per heavy atom. The van der Waals surface area contributed by atoms with E-state index in [1.807, 2.05) is 49.1 Å². The van der Waals surface area contributed by atoms with Crippen molar-refractivity contribution in [2.75, 3.05) is 20.3 Å². The van der Waals surface area contributed by atoms with Crippen molar-refractivity contribution >= 4 is 11.8 Å². The van der Waals surface area contributed by atoms with Crippen LogP contribution in [0.2, 0.25) is 0 Å². The minimum Gasteiger partial charge on any atom is -0.469 e. The molecule has 0 aromatic heterocycles. The number of methoxy groups -OCH3 is 1. The van der Waals surface area contributed by atoms with Gasteiger partial charge in [0.2, 0.25) is 0 Å². The van der Waals surface area contributed by atoms with Crippen LogP contribution in [0.5, 0.6) is 0 Å². The first-order valence-corrected chi connectivity index (χ1v) is 9.30. The molecule has 0 radical (unpaired) electrons. The van der Waals surface area contributed by atoms with Crippen molar-refractivity contribution in [3.05, 3.63) is 60.4 Å². The molecule has 5 nitrogen and oxygen atoms in total. The van der Waals surface area contributed by atoms with Crippen LogP contribution in [0.25, 0.3) is 0 Å². The topological polar surface area (TPSA) is 55.8 Å². The molecule has 1 aliphatic rings. The van der Waals surface area contributed by atoms with Gasteiger partial charge in [-0.1, -0.05) is 43.0 Å². The number of Topliss-reactive ketones (excluding diaryl/α,β-unsaturated/α-hetero) is 1. The van der Waals surface area contributed by atoms with Gasteiger partial charge in [0.1, 0.15) is 0 Å². The van der Waals surface area contributed by atoms with Crippen LogP contribution in [-0.2, 0) is 19.1 Å². The Kier molecular flexibility index (Phi) is 7.36. The second-order valence-corrected chi connectivity index (χ2v) is 6.83. The average molecular weight is 371 g/mol. The number of hydrogen-bond acceptors (Lipinski definition) is 5. The summed E-state index contributed by atoms with van der Waals surface area (Å²) in [5, 5.41) is 0. The minimum atomic E-state index is -0.818. The molecule has 0 saturated carbocycles. The Bertz CT molecular complexity index is 690. The highest BCUT2D eigenvalue weighted by Crippen LogP contribution is 2.37. The van der Waals surface area contributed by atoms with Gasteiger partial charge in [-0.05, 0) is 38.5 Å². The number of carbonyl (C=O) groups is 2. The molecule has 1 fully saturated rings. The van der Waals surface area contributed by atoms with Gasteiger partial charge in [0.05, 0.1) is 24.3 Å². The van der Waals surface area contributed by atoms with Crippen molar-refractivity contribution in [1.82, 2.24) is 4.90 Å². The number of nitrogens with zero attached hydrogens (tertiary/aromatic N) is 1. The molecule has 0 bridgehead atoms. The first-order valence-electron chi connectivity index (χ1n) is 9.30. The lowest BCUT2D eigenvalue weighted by atomic mass is 9.75. The molecule has 5 heteroatoms. The maximum atomic E-state index is 13.2. The number of ether oxygens (including phenoxy) is 2. The van der Waals surface area contributed by atoms with Gasteiger partial charge in [0, 0.05) is 19.6 Å². The molecule has 1 aliphatic heterocycles. The van der Waals surface area contributed by atoms with E-state index in [1.165, 1.54) is 7.11 Å². The number of rotatable bonds is 8. The Morgan fingerprint density at radius 3 is 2.44 bits per heavy atom. The molecule has 1 unspecified atom stereocenters. The Balaban J connectivity index is 2.25. The molecule has 1 saturated heterocycles. The van der Waals surface area contributed by atoms with E-state index >= 15 is 0 Å². The molecule has 1 aromatic carbocycles. The second-order valence-electron chi connectivity index (χ2n) is 6.83. The van der Waals surface area contributed by atoms with Crippen molar-refractivity contribution in [3.8, 4) is 0 Å². The number of hydrogen-bond donors (Lipinski definition) is 0. The lowest BCUT2D eigenvalue weighted by Crippen LogP contribution is -2.41. The number of ketones is 1. The fraction of sp³-hybridized carbons (Fsp3) is 0.455. The number of carbonyl (C=O) groups excluding carboxylic acids is 2. The number of esters is 1. The Hall–Kier alpha value is -2.40. The number of benzene rings is 1. The van der Waals surface area contributed by atoms with E-state index in [4.69, 9.17) is 9.47 Å². The monoisotopic (exact) mass is 371 g/mol. The van der Waals surface area contributed by atoms with Crippen LogP contribution in [0.4, 0.5) is 0 Å². The van der Waals surface area contributed by atoms with Gasteiger partial charge in [-0.25, -0.2) is 0 Å². The highest BCUT2D eigenvalue weighted by atomic mass is 16.5. The molecule has 1 aromatic rings. The van der Waals surface area contributed by atoms with E-state index < -0.39 is 5.41 Å². The third-order valence-corrected chi connectivity index (χ3v) is 5.30. The standard InChI is InChI=1S/C22H29NO4/c1-5-19(23(6-2)17(3)18-10-8-7-9-11-18)20(24)16-22(21(25)26-4)12-14-27-15-13-22/h5-11,17H,2,12-16H2,1,3-4H3/b19-5-. The zero-order valence-corrected chi connectivity index (χ0v) is 16.4. The SMILES string of the molecule is C=CN(/C(=C\C)C(=O)CC1(C(=O)OC)CCOCC1)C(C)c1ccccc1. The van der Waals surface area contributed by atoms with E-state index in [0.717, 1.165) is 5.56 Å². The van der Waals surface area contributed by atoms with Crippen molar-refractivity contribution < 1.29 is 19.1 Å². The lowest BCUT2D eigenvalue weighted by molar-refractivity contribution is -0.161. The van der Waals surface area contributed by atoms with Gasteiger partial charge < -0.3 is 14.4 Å². The van der Waals surface area contributed by atoms with E-state index in [2.05, 4.69) is 6.58 Å². The van der Waals surface area contributed by atoms with E-state index in [1.54, 1.807) is 12.3 Å². The van der Waals surface area contributed by atoms with Crippen molar-refractivity contribution in [2.24, 2.45) is 5.41 Å². The van der Waals surface area contributed by atoms with Crippen LogP contribution in [0, 0.1) is 5.41 Å². The summed E-state index contributed by atoms with van der Waals surface area (Å²) < 4.78 is 10.4. The van der Waals surface area contributed by atoms with Crippen LogP contribution >= 0.6 is 0 Å². The summed E-state index contributed by atoms with van der Waals surface area (Å²) in [7, 11) is 1.37. The fourth-order valence-electron chi connectivity index (χ4n) is 3.64. The summed E-state index contributed by atoms with van der Waals surface area (Å²) in [5.41, 5.74) is 0.802. The van der Waals surface area contributed by atoms with E-state index in [0.29, 0.717) is 31.8 Å². The maximum Gasteiger partial charge on any atom is 0.312 e. The predicted octanol–water partition coefficient (Wildman–Crippen LogP) is 4.03. The zero-order chi connectivity index (χ0) is 19.9. The second kappa shape index (κ2) is 9.51. The van der Waals surface area contributed by atoms with Gasteiger partial charge in [-0.3, -0.25) is 9.59 Å². The highest BCUT2D eigenvalue weighted by Gasteiger charge is 2.43. The van der Waals surface area contributed by atoms with Crippen molar-refractivity contribution in [1.29, 1.82) is 0 Å². The van der Waals surface area contributed by atoms with Gasteiger partial charge >= 0.3 is 5.97 Å². The van der Waals surface area contributed by atoms with Crippen LogP contribution in [-0.4, -0.2) is 37.0 Å². The Morgan fingerprint density at radius 2 is 1.93 bits per heavy atom. The van der Waals surface area contributed by atoms with Gasteiger partial charge in [-0.2, -0.15) is 0 Å². The fourth-order valence-corrected chi connectivity index (χ4v) is 3.64. The molecule has 0 amide bonds. The van der Waals surface area contributed by atoms with Crippen molar-refractivity contribution in [3.63, 3.8) is 0 Å². The summed E-state index contributed by atoms with van der Waals surface area (Å²) in [4.78, 5) is 27.5. The number of allylic oxidation sites excluding steroid dienone is 2. The normalized spacial score (nSPS) is 17.7. The quantitative estimate of drug-likeness (QED) is 0.510. The predicted molar refractivity (Wildman–Crippen MR) is 105 cm³/mol. The van der Waals surface area contributed by atoms with Gasteiger partial charge in [0.15, 0.2) is 5.78 Å². The zero-order valence-electron chi connectivity index (χ0n) is 16.4. The Labute approximate surface area is 161 Å². The molecular formula is C22H29NO4. The summed E-state index contributed by atoms with van der Waals surface area (Å²) in [6.07, 6.45) is 4.54. The first kappa shape index (κ1) is 20.9. The lowest BCUT2D eigenvalue weighted by Gasteiger charge is -2.35. The molecular weight excluding hydrogens is 342 g/mol. The minimum absolute atomic E-state index is 0.0531. The van der Waals surface area contributed by atoms with Crippen LogP contribution in [0.15, 0.2) is 54.9 Å². The smallest absolute Gasteiger partial charge is 0.312 e. The summed E-state index contributed by atoms with van der Waals surface area (Å²) in [6, 6.07) is 9.89. The average Bonchev–Trinajstić information content (AvgIpc) is 2.71. The molecule has 0 N–H and O–H groups in total. The third-order valence-electron chi connectivity index (χ3n) is 5.30. The van der Waals surface area contributed by atoms with Crippen LogP contribution in [0.1, 0.15) is 44.7 Å². The molecule has 0 aliphatic carbocycles. The summed E-state index contributed by atoms with van der Waals surface area (Å²) in [5.74, 6) is -0.427.